The standard InChI is InChI=1S/C11H17N5O/c12-7-11(17)16-5-3-15(4-6-16)10-1-2-14-8-9(10)13/h1-2,8H,3-7,12-13H2. The monoisotopic (exact) mass is 235 g/mol. The zero-order valence-corrected chi connectivity index (χ0v) is 9.67. The van der Waals surface area contributed by atoms with E-state index >= 15 is 0 Å². The van der Waals surface area contributed by atoms with E-state index < -0.39 is 0 Å². The fourth-order valence-corrected chi connectivity index (χ4v) is 2.01. The van der Waals surface area contributed by atoms with Gasteiger partial charge in [0.25, 0.3) is 0 Å². The molecule has 1 saturated heterocycles. The van der Waals surface area contributed by atoms with Crippen LogP contribution in [0.15, 0.2) is 18.5 Å². The largest absolute Gasteiger partial charge is 0.396 e. The second kappa shape index (κ2) is 5.01. The number of carbonyl (C=O) groups is 1. The van der Waals surface area contributed by atoms with Crippen LogP contribution in [-0.2, 0) is 4.79 Å². The van der Waals surface area contributed by atoms with Gasteiger partial charge in [-0.1, -0.05) is 0 Å². The molecule has 0 unspecified atom stereocenters. The highest BCUT2D eigenvalue weighted by Gasteiger charge is 2.21. The summed E-state index contributed by atoms with van der Waals surface area (Å²) in [6, 6.07) is 1.90. The van der Waals surface area contributed by atoms with Gasteiger partial charge >= 0.3 is 0 Å². The maximum atomic E-state index is 11.4. The molecule has 0 aliphatic carbocycles. The number of carbonyl (C=O) groups excluding carboxylic acids is 1. The number of nitrogens with zero attached hydrogens (tertiary/aromatic N) is 3. The first-order chi connectivity index (χ1) is 8.22. The number of aromatic nitrogens is 1. The van der Waals surface area contributed by atoms with Crippen LogP contribution in [0.25, 0.3) is 0 Å². The number of nitrogens with two attached hydrogens (primary N) is 2. The molecule has 1 aliphatic rings. The topological polar surface area (TPSA) is 88.5 Å². The predicted octanol–water partition coefficient (Wildman–Crippen LogP) is -0.729. The summed E-state index contributed by atoms with van der Waals surface area (Å²) >= 11 is 0. The van der Waals surface area contributed by atoms with Gasteiger partial charge in [-0.2, -0.15) is 0 Å². The van der Waals surface area contributed by atoms with Gasteiger partial charge in [0.05, 0.1) is 24.1 Å². The molecule has 0 aromatic carbocycles. The molecule has 0 radical (unpaired) electrons. The molecular weight excluding hydrogens is 218 g/mol. The SMILES string of the molecule is NCC(=O)N1CCN(c2ccncc2N)CC1. The highest BCUT2D eigenvalue weighted by atomic mass is 16.2. The number of anilines is 2. The third-order valence-electron chi connectivity index (χ3n) is 2.98. The van der Waals surface area contributed by atoms with E-state index in [1.165, 1.54) is 0 Å². The van der Waals surface area contributed by atoms with Gasteiger partial charge < -0.3 is 21.3 Å². The highest BCUT2D eigenvalue weighted by molar-refractivity contribution is 5.78. The molecule has 2 heterocycles. The van der Waals surface area contributed by atoms with Crippen molar-refractivity contribution in [1.82, 2.24) is 9.88 Å². The van der Waals surface area contributed by atoms with E-state index in [1.54, 1.807) is 17.3 Å². The molecule has 4 N–H and O–H groups in total. The normalized spacial score (nSPS) is 16.1. The van der Waals surface area contributed by atoms with Crippen LogP contribution in [0.4, 0.5) is 11.4 Å². The minimum atomic E-state index is 0.00681. The van der Waals surface area contributed by atoms with E-state index in [4.69, 9.17) is 11.5 Å². The van der Waals surface area contributed by atoms with E-state index in [0.29, 0.717) is 18.8 Å². The van der Waals surface area contributed by atoms with Crippen molar-refractivity contribution in [3.8, 4) is 0 Å². The van der Waals surface area contributed by atoms with Gasteiger partial charge in [-0.25, -0.2) is 0 Å². The molecule has 92 valence electrons. The van der Waals surface area contributed by atoms with E-state index in [1.807, 2.05) is 6.07 Å². The Bertz CT molecular complexity index is 401. The van der Waals surface area contributed by atoms with Crippen LogP contribution >= 0.6 is 0 Å². The molecule has 0 saturated carbocycles. The molecule has 6 heteroatoms. The van der Waals surface area contributed by atoms with Crippen LogP contribution in [0.1, 0.15) is 0 Å². The van der Waals surface area contributed by atoms with Gasteiger partial charge in [-0.05, 0) is 6.07 Å². The number of piperazine rings is 1. The van der Waals surface area contributed by atoms with Gasteiger partial charge in [0.1, 0.15) is 0 Å². The molecule has 6 nitrogen and oxygen atoms in total. The van der Waals surface area contributed by atoms with Crippen LogP contribution in [0.5, 0.6) is 0 Å². The second-order valence-electron chi connectivity index (χ2n) is 4.01. The number of hydrogen-bond donors (Lipinski definition) is 2. The van der Waals surface area contributed by atoms with Crippen LogP contribution in [0.2, 0.25) is 0 Å². The fraction of sp³-hybridized carbons (Fsp3) is 0.455. The number of nitrogen functional groups attached to an aromatic ring is 1. The summed E-state index contributed by atoms with van der Waals surface area (Å²) in [5, 5.41) is 0. The summed E-state index contributed by atoms with van der Waals surface area (Å²) in [7, 11) is 0. The molecule has 2 rings (SSSR count). The minimum absolute atomic E-state index is 0.00681. The van der Waals surface area contributed by atoms with Crippen molar-refractivity contribution >= 4 is 17.3 Å². The Labute approximate surface area is 100 Å². The lowest BCUT2D eigenvalue weighted by atomic mass is 10.2. The van der Waals surface area contributed by atoms with E-state index in [9.17, 15) is 4.79 Å². The second-order valence-corrected chi connectivity index (χ2v) is 4.01. The predicted molar refractivity (Wildman–Crippen MR) is 66.5 cm³/mol. The Hall–Kier alpha value is -1.82. The lowest BCUT2D eigenvalue weighted by Crippen LogP contribution is -2.50. The number of amides is 1. The fourth-order valence-electron chi connectivity index (χ4n) is 2.01. The van der Waals surface area contributed by atoms with Gasteiger partial charge in [-0.15, -0.1) is 0 Å². The van der Waals surface area contributed by atoms with Crippen LogP contribution in [0, 0.1) is 0 Å². The van der Waals surface area contributed by atoms with Crippen LogP contribution < -0.4 is 16.4 Å². The lowest BCUT2D eigenvalue weighted by Gasteiger charge is -2.36. The molecule has 0 atom stereocenters. The molecular formula is C11H17N5O. The summed E-state index contributed by atoms with van der Waals surface area (Å²) in [6.07, 6.45) is 3.37. The van der Waals surface area contributed by atoms with Crippen molar-refractivity contribution in [3.05, 3.63) is 18.5 Å². The van der Waals surface area contributed by atoms with Crippen molar-refractivity contribution in [1.29, 1.82) is 0 Å². The first-order valence-electron chi connectivity index (χ1n) is 5.64. The Morgan fingerprint density at radius 1 is 1.35 bits per heavy atom. The Morgan fingerprint density at radius 3 is 2.65 bits per heavy atom. The van der Waals surface area contributed by atoms with Crippen molar-refractivity contribution in [2.24, 2.45) is 5.73 Å². The maximum Gasteiger partial charge on any atom is 0.236 e. The summed E-state index contributed by atoms with van der Waals surface area (Å²) < 4.78 is 0. The summed E-state index contributed by atoms with van der Waals surface area (Å²) in [4.78, 5) is 19.3. The zero-order chi connectivity index (χ0) is 12.3. The smallest absolute Gasteiger partial charge is 0.236 e. The van der Waals surface area contributed by atoms with Gasteiger partial charge in [0.2, 0.25) is 5.91 Å². The Kier molecular flexibility index (Phi) is 3.43. The highest BCUT2D eigenvalue weighted by Crippen LogP contribution is 2.22. The summed E-state index contributed by atoms with van der Waals surface area (Å²) in [5.74, 6) is 0.00681. The molecule has 1 aromatic rings. The third-order valence-corrected chi connectivity index (χ3v) is 2.98. The van der Waals surface area contributed by atoms with E-state index in [-0.39, 0.29) is 12.5 Å². The molecule has 1 aliphatic heterocycles. The molecule has 1 aromatic heterocycles. The number of hydrogen-bond acceptors (Lipinski definition) is 5. The third kappa shape index (κ3) is 2.47. The maximum absolute atomic E-state index is 11.4. The lowest BCUT2D eigenvalue weighted by molar-refractivity contribution is -0.129. The molecule has 1 amide bonds. The van der Waals surface area contributed by atoms with Gasteiger partial charge in [0.15, 0.2) is 0 Å². The average molecular weight is 235 g/mol. The Balaban J connectivity index is 2.00. The van der Waals surface area contributed by atoms with Gasteiger partial charge in [0, 0.05) is 32.4 Å². The molecule has 0 bridgehead atoms. The first kappa shape index (κ1) is 11.7. The Morgan fingerprint density at radius 2 is 2.06 bits per heavy atom. The van der Waals surface area contributed by atoms with Crippen molar-refractivity contribution in [2.45, 2.75) is 0 Å². The number of pyridine rings is 1. The van der Waals surface area contributed by atoms with E-state index in [0.717, 1.165) is 18.8 Å². The summed E-state index contributed by atoms with van der Waals surface area (Å²) in [5.41, 5.74) is 12.9. The molecule has 0 spiro atoms. The minimum Gasteiger partial charge on any atom is -0.396 e. The van der Waals surface area contributed by atoms with Crippen molar-refractivity contribution in [2.75, 3.05) is 43.4 Å². The first-order valence-corrected chi connectivity index (χ1v) is 5.64. The van der Waals surface area contributed by atoms with E-state index in [2.05, 4.69) is 9.88 Å². The van der Waals surface area contributed by atoms with Crippen LogP contribution in [-0.4, -0.2) is 48.5 Å². The average Bonchev–Trinajstić information content (AvgIpc) is 2.39. The molecule has 17 heavy (non-hydrogen) atoms. The van der Waals surface area contributed by atoms with Crippen LogP contribution in [0.3, 0.4) is 0 Å². The van der Waals surface area contributed by atoms with Gasteiger partial charge in [-0.3, -0.25) is 9.78 Å². The molecule has 1 fully saturated rings. The number of rotatable bonds is 2. The quantitative estimate of drug-likeness (QED) is 0.705. The summed E-state index contributed by atoms with van der Waals surface area (Å²) in [6.45, 7) is 3.02. The van der Waals surface area contributed by atoms with Crippen molar-refractivity contribution in [3.63, 3.8) is 0 Å². The van der Waals surface area contributed by atoms with Crippen molar-refractivity contribution < 1.29 is 4.79 Å². The zero-order valence-electron chi connectivity index (χ0n) is 9.67.